The summed E-state index contributed by atoms with van der Waals surface area (Å²) in [5.41, 5.74) is 0. The van der Waals surface area contributed by atoms with Crippen molar-refractivity contribution < 1.29 is 34.0 Å². The van der Waals surface area contributed by atoms with Gasteiger partial charge in [-0.05, 0) is 36.6 Å². The van der Waals surface area contributed by atoms with Crippen LogP contribution in [0.25, 0.3) is 0 Å². The Morgan fingerprint density at radius 3 is 2.27 bits per heavy atom. The molecule has 0 saturated carbocycles. The number of carboxylic acids is 2. The van der Waals surface area contributed by atoms with Crippen molar-refractivity contribution in [3.05, 3.63) is 48.3 Å². The number of carbonyl (C=O) groups excluding carboxylic acids is 1. The Morgan fingerprint density at radius 2 is 1.77 bits per heavy atom. The summed E-state index contributed by atoms with van der Waals surface area (Å²) < 4.78 is 10.9. The number of rotatable bonds is 9. The fourth-order valence-corrected chi connectivity index (χ4v) is 2.48. The van der Waals surface area contributed by atoms with E-state index >= 15 is 0 Å². The third kappa shape index (κ3) is 9.08. The van der Waals surface area contributed by atoms with Crippen molar-refractivity contribution in [3.8, 4) is 0 Å². The van der Waals surface area contributed by atoms with Crippen LogP contribution in [-0.2, 0) is 16.1 Å². The second-order valence-corrected chi connectivity index (χ2v) is 6.43. The molecule has 2 heterocycles. The third-order valence-electron chi connectivity index (χ3n) is 3.86. The van der Waals surface area contributed by atoms with Gasteiger partial charge in [0.2, 0.25) is 0 Å². The van der Waals surface area contributed by atoms with E-state index in [1.807, 2.05) is 18.2 Å². The van der Waals surface area contributed by atoms with E-state index in [2.05, 4.69) is 25.2 Å². The number of hydrogen-bond acceptors (Lipinski definition) is 5. The summed E-state index contributed by atoms with van der Waals surface area (Å²) in [5, 5.41) is 18.6. The molecule has 0 aromatic carbocycles. The van der Waals surface area contributed by atoms with E-state index < -0.39 is 11.9 Å². The summed E-state index contributed by atoms with van der Waals surface area (Å²) in [4.78, 5) is 18.0. The van der Waals surface area contributed by atoms with Crippen LogP contribution in [-0.4, -0.2) is 23.6 Å². The van der Waals surface area contributed by atoms with E-state index in [1.54, 1.807) is 12.5 Å². The van der Waals surface area contributed by atoms with Crippen molar-refractivity contribution in [3.63, 3.8) is 0 Å². The van der Waals surface area contributed by atoms with Crippen LogP contribution in [0.2, 0.25) is 0 Å². The second-order valence-electron chi connectivity index (χ2n) is 6.43. The minimum absolute atomic E-state index is 0.542. The predicted molar refractivity (Wildman–Crippen MR) is 92.0 cm³/mol. The first-order chi connectivity index (χ1) is 12.4. The Bertz CT molecular complexity index is 607. The Labute approximate surface area is 153 Å². The lowest BCUT2D eigenvalue weighted by atomic mass is 9.93. The van der Waals surface area contributed by atoms with Gasteiger partial charge in [-0.3, -0.25) is 0 Å². The lowest BCUT2D eigenvalue weighted by Crippen LogP contribution is -2.82. The van der Waals surface area contributed by atoms with E-state index in [9.17, 15) is 0 Å². The van der Waals surface area contributed by atoms with Crippen molar-refractivity contribution in [1.29, 1.82) is 0 Å². The van der Waals surface area contributed by atoms with Crippen LogP contribution in [0.15, 0.2) is 45.6 Å². The summed E-state index contributed by atoms with van der Waals surface area (Å²) in [7, 11) is 0. The van der Waals surface area contributed by atoms with Gasteiger partial charge in [0.05, 0.1) is 19.1 Å². The first kappa shape index (κ1) is 21.5. The lowest BCUT2D eigenvalue weighted by molar-refractivity contribution is -0.672. The predicted octanol–water partition coefficient (Wildman–Crippen LogP) is 1.37. The molecule has 0 aliphatic carbocycles. The maximum absolute atomic E-state index is 9.04. The van der Waals surface area contributed by atoms with Gasteiger partial charge < -0.3 is 29.2 Å². The molecule has 0 amide bonds. The van der Waals surface area contributed by atoms with E-state index in [-0.39, 0.29) is 0 Å². The van der Waals surface area contributed by atoms with Crippen LogP contribution in [0.5, 0.6) is 0 Å². The summed E-state index contributed by atoms with van der Waals surface area (Å²) in [5.74, 6) is -0.538. The minimum Gasteiger partial charge on any atom is -0.539 e. The molecule has 2 rings (SSSR count). The maximum Gasteiger partial charge on any atom is 0.351 e. The Balaban J connectivity index is 0.000000487. The molecule has 0 aliphatic rings. The zero-order valence-electron chi connectivity index (χ0n) is 15.2. The molecule has 2 aromatic rings. The standard InChI is InChI=1S/C17H25NO2.C2H2O4/c1-14(2)7-8-15(17-6-4-12-20-17)9-10-18-13-16-5-3-11-19-16;3-1(4)2(5)6/h3-6,11-12,14-15,18H,7-10,13H2,1-2H3;(H,3,4)(H,5,6). The van der Waals surface area contributed by atoms with Gasteiger partial charge in [-0.1, -0.05) is 20.3 Å². The molecule has 0 fully saturated rings. The molecule has 3 N–H and O–H groups in total. The molecule has 0 spiro atoms. The highest BCUT2D eigenvalue weighted by Gasteiger charge is 2.15. The fraction of sp³-hybridized carbons (Fsp3) is 0.474. The van der Waals surface area contributed by atoms with Crippen LogP contribution < -0.4 is 10.4 Å². The van der Waals surface area contributed by atoms with Crippen molar-refractivity contribution in [2.24, 2.45) is 5.92 Å². The monoisotopic (exact) mass is 365 g/mol. The van der Waals surface area contributed by atoms with E-state index in [0.29, 0.717) is 5.92 Å². The molecule has 7 nitrogen and oxygen atoms in total. The molecule has 0 bridgehead atoms. The number of furan rings is 2. The Kier molecular flexibility index (Phi) is 9.86. The zero-order chi connectivity index (χ0) is 19.4. The highest BCUT2D eigenvalue weighted by Crippen LogP contribution is 2.26. The second kappa shape index (κ2) is 11.9. The quantitative estimate of drug-likeness (QED) is 0.511. The van der Waals surface area contributed by atoms with Gasteiger partial charge in [0.15, 0.2) is 11.7 Å². The Hall–Kier alpha value is -2.54. The number of quaternary nitrogens is 1. The maximum atomic E-state index is 9.04. The van der Waals surface area contributed by atoms with Gasteiger partial charge in [0, 0.05) is 12.3 Å². The van der Waals surface area contributed by atoms with Crippen molar-refractivity contribution >= 4 is 11.9 Å². The summed E-state index contributed by atoms with van der Waals surface area (Å²) >= 11 is 0. The van der Waals surface area contributed by atoms with Gasteiger partial charge in [-0.25, -0.2) is 4.79 Å². The highest BCUT2D eigenvalue weighted by atomic mass is 16.4. The first-order valence-corrected chi connectivity index (χ1v) is 8.71. The average Bonchev–Trinajstić information content (AvgIpc) is 3.28. The van der Waals surface area contributed by atoms with Crippen molar-refractivity contribution in [2.45, 2.75) is 45.6 Å². The Morgan fingerprint density at radius 1 is 1.12 bits per heavy atom. The molecule has 1 atom stereocenters. The number of aliphatic carboxylic acids is 2. The van der Waals surface area contributed by atoms with Gasteiger partial charge in [-0.2, -0.15) is 0 Å². The van der Waals surface area contributed by atoms with Gasteiger partial charge in [0.25, 0.3) is 0 Å². The zero-order valence-corrected chi connectivity index (χ0v) is 15.2. The number of carbonyl (C=O) groups is 2. The molecule has 0 aliphatic heterocycles. The number of nitrogens with two attached hydrogens (primary N) is 1. The molecule has 1 unspecified atom stereocenters. The van der Waals surface area contributed by atoms with Crippen molar-refractivity contribution in [2.75, 3.05) is 6.54 Å². The van der Waals surface area contributed by atoms with Gasteiger partial charge >= 0.3 is 5.97 Å². The minimum atomic E-state index is -2.07. The average molecular weight is 365 g/mol. The molecule has 7 heteroatoms. The largest absolute Gasteiger partial charge is 0.539 e. The van der Waals surface area contributed by atoms with Crippen molar-refractivity contribution in [1.82, 2.24) is 0 Å². The highest BCUT2D eigenvalue weighted by molar-refractivity contribution is 6.26. The first-order valence-electron chi connectivity index (χ1n) is 8.71. The van der Waals surface area contributed by atoms with Gasteiger partial charge in [-0.15, -0.1) is 0 Å². The lowest BCUT2D eigenvalue weighted by Gasteiger charge is -2.15. The topological polar surface area (TPSA) is 120 Å². The SMILES string of the molecule is CC(C)CCC(CC[NH2+]Cc1ccco1)c1ccco1.O=C([O-])C(=O)O. The molecule has 0 radical (unpaired) electrons. The molecule has 144 valence electrons. The van der Waals surface area contributed by atoms with E-state index in [0.717, 1.165) is 36.9 Å². The number of hydrogen-bond donors (Lipinski definition) is 2. The molecule has 0 saturated heterocycles. The van der Waals surface area contributed by atoms with E-state index in [4.69, 9.17) is 28.6 Å². The summed E-state index contributed by atoms with van der Waals surface area (Å²) in [6.07, 6.45) is 7.13. The van der Waals surface area contributed by atoms with Crippen LogP contribution in [0, 0.1) is 5.92 Å². The normalized spacial score (nSPS) is 11.7. The third-order valence-corrected chi connectivity index (χ3v) is 3.86. The fourth-order valence-electron chi connectivity index (χ4n) is 2.48. The molecule has 26 heavy (non-hydrogen) atoms. The van der Waals surface area contributed by atoms with E-state index in [1.165, 1.54) is 12.8 Å². The van der Waals surface area contributed by atoms with Crippen LogP contribution in [0.4, 0.5) is 0 Å². The summed E-state index contributed by atoms with van der Waals surface area (Å²) in [6.45, 7) is 6.58. The van der Waals surface area contributed by atoms with Crippen LogP contribution in [0.3, 0.4) is 0 Å². The molecular weight excluding hydrogens is 338 g/mol. The summed E-state index contributed by atoms with van der Waals surface area (Å²) in [6, 6.07) is 8.07. The number of carboxylic acid groups (broad SMARTS) is 2. The smallest absolute Gasteiger partial charge is 0.351 e. The molecule has 2 aromatic heterocycles. The van der Waals surface area contributed by atoms with Crippen LogP contribution in [0.1, 0.15) is 50.5 Å². The van der Waals surface area contributed by atoms with Gasteiger partial charge in [0.1, 0.15) is 12.3 Å². The van der Waals surface area contributed by atoms with Crippen LogP contribution >= 0.6 is 0 Å². The molecular formula is C19H27NO6.